The molecule has 32 nitrogen and oxygen atoms in total. The quantitative estimate of drug-likeness (QED) is 0.0203. The highest BCUT2D eigenvalue weighted by atomic mass is 16.6. The van der Waals surface area contributed by atoms with Crippen molar-refractivity contribution in [3.8, 4) is 0 Å². The van der Waals surface area contributed by atoms with Crippen LogP contribution in [0.2, 0.25) is 0 Å². The summed E-state index contributed by atoms with van der Waals surface area (Å²) in [6.45, 7) is 0. The predicted octanol–water partition coefficient (Wildman–Crippen LogP) is 11.6. The first-order valence-corrected chi connectivity index (χ1v) is 36.1. The van der Waals surface area contributed by atoms with Gasteiger partial charge in [0.15, 0.2) is 0 Å². The molecule has 8 aliphatic heterocycles. The zero-order chi connectivity index (χ0) is 85.3. The van der Waals surface area contributed by atoms with Crippen LogP contribution in [0.15, 0.2) is 170 Å². The molecule has 0 saturated heterocycles. The molecule has 0 spiro atoms. The number of carboxylic acids is 4. The number of ether oxygens (including phenoxy) is 4. The summed E-state index contributed by atoms with van der Waals surface area (Å²) in [5.74, 6) is -15.5. The number of aromatic carboxylic acids is 4. The highest BCUT2D eigenvalue weighted by molar-refractivity contribution is 6.44. The van der Waals surface area contributed by atoms with E-state index in [1.807, 2.05) is 48.5 Å². The van der Waals surface area contributed by atoms with Crippen LogP contribution in [0.25, 0.3) is 118 Å². The maximum atomic E-state index is 12.4. The van der Waals surface area contributed by atoms with Gasteiger partial charge in [0.1, 0.15) is 0 Å². The van der Waals surface area contributed by atoms with Gasteiger partial charge in [-0.25, -0.2) is 57.5 Å². The number of hydrogen-bond acceptors (Lipinski definition) is 24. The lowest BCUT2D eigenvalue weighted by atomic mass is 9.83. The van der Waals surface area contributed by atoms with Crippen LogP contribution in [0.1, 0.15) is 207 Å². The highest BCUT2D eigenvalue weighted by Crippen LogP contribution is 2.49. The van der Waals surface area contributed by atoms with Crippen molar-refractivity contribution in [2.24, 2.45) is 0 Å². The second-order valence-corrected chi connectivity index (χ2v) is 28.6. The molecule has 584 valence electrons. The monoisotopic (exact) mass is 1620 g/mol. The summed E-state index contributed by atoms with van der Waals surface area (Å²) in [5, 5.41) is 58.8. The molecule has 8 amide bonds. The average molecular weight is 1620 g/mol. The molecule has 8 aliphatic rings. The van der Waals surface area contributed by atoms with Crippen molar-refractivity contribution < 1.29 is 135 Å². The van der Waals surface area contributed by atoms with Crippen molar-refractivity contribution in [3.05, 3.63) is 281 Å². The Labute approximate surface area is 671 Å². The minimum Gasteiger partial charge on any atom is -0.478 e. The number of rotatable bonds is 4. The fraction of sp³-hybridized carbons (Fsp3) is 0. The van der Waals surface area contributed by atoms with E-state index in [0.29, 0.717) is 99.1 Å². The molecule has 122 heavy (non-hydrogen) atoms. The zero-order valence-electron chi connectivity index (χ0n) is 60.8. The molecule has 0 radical (unpaired) electrons. The number of fused-ring (bicyclic) bond motifs is 5. The van der Waals surface area contributed by atoms with Gasteiger partial charge < -0.3 is 39.4 Å². The van der Waals surface area contributed by atoms with Gasteiger partial charge >= 0.3 is 71.6 Å². The van der Waals surface area contributed by atoms with Gasteiger partial charge in [-0.2, -0.15) is 0 Å². The normalized spacial score (nSPS) is 14.8. The third-order valence-corrected chi connectivity index (χ3v) is 22.6. The number of imide groups is 4. The van der Waals surface area contributed by atoms with Crippen molar-refractivity contribution in [1.82, 2.24) is 21.3 Å². The molecule has 0 saturated carbocycles. The summed E-state index contributed by atoms with van der Waals surface area (Å²) in [6.07, 6.45) is 0. The molecule has 24 rings (SSSR count). The van der Waals surface area contributed by atoms with Crippen LogP contribution in [-0.2, 0) is 18.9 Å². The number of carbonyl (C=O) groups is 20. The van der Waals surface area contributed by atoms with Crippen molar-refractivity contribution in [1.29, 1.82) is 0 Å². The summed E-state index contributed by atoms with van der Waals surface area (Å²) in [7, 11) is 0. The maximum absolute atomic E-state index is 12.4. The van der Waals surface area contributed by atoms with Crippen LogP contribution in [0.3, 0.4) is 0 Å². The second-order valence-electron chi connectivity index (χ2n) is 28.6. The van der Waals surface area contributed by atoms with Crippen LogP contribution in [0.5, 0.6) is 0 Å². The van der Waals surface area contributed by atoms with Gasteiger partial charge in [-0.3, -0.25) is 59.6 Å². The molecule has 8 N–H and O–H groups in total. The summed E-state index contributed by atoms with van der Waals surface area (Å²) < 4.78 is 19.0. The first-order valence-electron chi connectivity index (χ1n) is 36.1. The third-order valence-electron chi connectivity index (χ3n) is 22.6. The SMILES string of the molecule is O=C(O)c1ccc(C(=O)O)c2c(C(=O)O)ccc(C(=O)O)c12.O=C1NC(=O)c2ccc3c4c(ccc1c24)C(=O)NC3=O.O=C1NC(=O)c2ccc3c4ccc5c6c(ccc(c7ccc1c2c73)c64)C(=O)NC5=O.O=C1OC(=O)c2ccc3c4c(ccc1c24)C(=O)OC3=O.O=C1OC(=O)c2ccc3c4ccc5c6c(ccc(c7ccc1c2c73)c64)C(=O)OC5=O. The summed E-state index contributed by atoms with van der Waals surface area (Å²) in [5.41, 5.74) is 3.10. The van der Waals surface area contributed by atoms with E-state index in [-0.39, 0.29) is 33.0 Å². The number of benzene rings is 16. The number of esters is 8. The lowest BCUT2D eigenvalue weighted by Crippen LogP contribution is -2.38. The lowest BCUT2D eigenvalue weighted by molar-refractivity contribution is 0.0366. The smallest absolute Gasteiger partial charge is 0.346 e. The van der Waals surface area contributed by atoms with Gasteiger partial charge in [0.05, 0.1) is 66.8 Å². The number of nitrogens with one attached hydrogen (secondary N) is 4. The van der Waals surface area contributed by atoms with Crippen molar-refractivity contribution in [3.63, 3.8) is 0 Å². The second kappa shape index (κ2) is 25.7. The topological polar surface area (TPSA) is 507 Å². The van der Waals surface area contributed by atoms with Crippen molar-refractivity contribution in [2.45, 2.75) is 0 Å². The van der Waals surface area contributed by atoms with E-state index < -0.39 is 152 Å². The van der Waals surface area contributed by atoms with Gasteiger partial charge in [0.25, 0.3) is 47.3 Å². The fourth-order valence-electron chi connectivity index (χ4n) is 17.6. The number of carbonyl (C=O) groups excluding carboxylic acids is 16. The molecule has 8 heterocycles. The Kier molecular flexibility index (Phi) is 15.3. The van der Waals surface area contributed by atoms with Gasteiger partial charge in [-0.15, -0.1) is 0 Å². The van der Waals surface area contributed by atoms with Crippen LogP contribution in [-0.4, -0.2) is 139 Å². The third kappa shape index (κ3) is 10.1. The van der Waals surface area contributed by atoms with Crippen LogP contribution in [0, 0.1) is 0 Å². The van der Waals surface area contributed by atoms with Crippen LogP contribution in [0.4, 0.5) is 0 Å². The Hall–Kier alpha value is -18.1. The van der Waals surface area contributed by atoms with E-state index >= 15 is 0 Å². The van der Waals surface area contributed by atoms with Crippen LogP contribution < -0.4 is 21.3 Å². The van der Waals surface area contributed by atoms with Crippen LogP contribution >= 0.6 is 0 Å². The predicted molar refractivity (Wildman–Crippen MR) is 421 cm³/mol. The molecular formula is C90H36N4O28. The largest absolute Gasteiger partial charge is 0.478 e. The van der Waals surface area contributed by atoms with E-state index in [1.165, 1.54) is 48.5 Å². The standard InChI is InChI=1S/C24H10N2O4.C24H8O6.C14H6N2O4.C14H8O8.C14H4O6/c27-21-13-5-1-9-10-2-6-15-20-16(24(30)26-23(15)29)8-4-12(18(10)20)11-3-7-14(22(28)25-21)19(13)17(9)11;25-21-13-5-1-9-10-2-6-15-20-16(24(28)30-23(15)27)8-4-12(18(10)20)11-3-7-14(22(26)29-21)19(13)17(9)11;17-11-5-1-2-6-10-8(14(20)16-12(6)18)4-3-7(9(5)10)13(19)15-11;15-11(16)5-1-2-6(12(17)18)10-8(14(21)22)4-3-7(9(5)10)13(19)20;15-11-5-1-2-6-10-8(14(18)20-12(6)16)4-3-7(9(5)10)13(17)19-11/h1-8H,(H,25,27,28)(H,26,29,30);1-8H;1-4H,(H,15,17,19)(H,16,18,20);1-4H,(H,15,16)(H,17,18)(H,19,20)(H,21,22);1-4H. The van der Waals surface area contributed by atoms with E-state index in [4.69, 9.17) is 29.9 Å². The molecular weight excluding hydrogens is 1580 g/mol. The average Bonchev–Trinajstić information content (AvgIpc) is 0.694. The fourth-order valence-corrected chi connectivity index (χ4v) is 17.6. The number of cyclic esters (lactones) is 8. The number of carboxylic acid groups (broad SMARTS) is 4. The molecule has 16 aromatic rings. The Morgan fingerprint density at radius 2 is 0.287 bits per heavy atom. The summed E-state index contributed by atoms with van der Waals surface area (Å²) in [4.78, 5) is 238. The van der Waals surface area contributed by atoms with E-state index in [9.17, 15) is 95.9 Å². The Morgan fingerprint density at radius 1 is 0.164 bits per heavy atom. The van der Waals surface area contributed by atoms with Crippen molar-refractivity contribution >= 4 is 237 Å². The lowest BCUT2D eigenvalue weighted by Gasteiger charge is -2.23. The molecule has 0 aliphatic carbocycles. The number of amides is 8. The molecule has 0 unspecified atom stereocenters. The molecule has 16 aromatic carbocycles. The molecule has 0 aromatic heterocycles. The van der Waals surface area contributed by atoms with Crippen molar-refractivity contribution in [2.75, 3.05) is 0 Å². The zero-order valence-corrected chi connectivity index (χ0v) is 60.8. The Bertz CT molecular complexity index is 6890. The minimum absolute atomic E-state index is 0.155. The molecule has 0 atom stereocenters. The van der Waals surface area contributed by atoms with E-state index in [1.54, 1.807) is 48.5 Å². The molecule has 0 bridgehead atoms. The number of hydrogen-bond donors (Lipinski definition) is 8. The first kappa shape index (κ1) is 72.8. The first-order chi connectivity index (χ1) is 58.5. The summed E-state index contributed by atoms with van der Waals surface area (Å²) in [6, 6.07) is 43.5. The summed E-state index contributed by atoms with van der Waals surface area (Å²) >= 11 is 0. The minimum atomic E-state index is -1.49. The Morgan fingerprint density at radius 3 is 0.451 bits per heavy atom. The molecule has 0 fully saturated rings. The highest BCUT2D eigenvalue weighted by Gasteiger charge is 2.40. The van der Waals surface area contributed by atoms with E-state index in [0.717, 1.165) is 88.9 Å². The molecule has 32 heteroatoms. The van der Waals surface area contributed by atoms with Gasteiger partial charge in [0, 0.05) is 98.4 Å². The van der Waals surface area contributed by atoms with Gasteiger partial charge in [-0.05, 0) is 186 Å². The Balaban J connectivity index is 0.0000000983. The van der Waals surface area contributed by atoms with Gasteiger partial charge in [0.2, 0.25) is 0 Å². The maximum Gasteiger partial charge on any atom is 0.346 e. The van der Waals surface area contributed by atoms with E-state index in [2.05, 4.69) is 30.7 Å². The van der Waals surface area contributed by atoms with Gasteiger partial charge in [-0.1, -0.05) is 48.5 Å².